The molecule has 2 fully saturated rings. The van der Waals surface area contributed by atoms with Crippen molar-refractivity contribution < 1.29 is 14.3 Å². The number of carbonyl (C=O) groups is 1. The minimum absolute atomic E-state index is 0.104. The van der Waals surface area contributed by atoms with Crippen molar-refractivity contribution >= 4 is 5.91 Å². The first-order valence-corrected chi connectivity index (χ1v) is 9.21. The van der Waals surface area contributed by atoms with Gasteiger partial charge in [0.1, 0.15) is 5.69 Å². The molecule has 0 N–H and O–H groups in total. The Bertz CT molecular complexity index is 751. The largest absolute Gasteiger partial charge is 0.372 e. The molecule has 4 heterocycles. The van der Waals surface area contributed by atoms with E-state index in [0.29, 0.717) is 13.2 Å². The van der Waals surface area contributed by atoms with Crippen LogP contribution < -0.4 is 0 Å². The smallest absolute Gasteiger partial charge is 0.270 e. The molecule has 0 aromatic carbocycles. The van der Waals surface area contributed by atoms with Gasteiger partial charge < -0.3 is 18.9 Å². The lowest BCUT2D eigenvalue weighted by atomic mass is 9.88. The van der Waals surface area contributed by atoms with E-state index in [-0.39, 0.29) is 17.6 Å². The van der Waals surface area contributed by atoms with Crippen molar-refractivity contribution in [2.24, 2.45) is 7.05 Å². The Morgan fingerprint density at radius 1 is 1.31 bits per heavy atom. The number of aromatic nitrogens is 2. The molecular formula is C20H25N3O3. The molecule has 138 valence electrons. The van der Waals surface area contributed by atoms with Crippen LogP contribution in [-0.4, -0.2) is 51.8 Å². The summed E-state index contributed by atoms with van der Waals surface area (Å²) in [6, 6.07) is 9.63. The standard InChI is InChI=1S/C20H25N3O3/c1-22-10-4-6-18(22)19(24)23-11-7-20(8-12-23)13-17(15-26-20)25-14-16-5-2-3-9-21-16/h2-6,9-10,17H,7-8,11-15H2,1H3/t17-/m0/s1. The van der Waals surface area contributed by atoms with Crippen molar-refractivity contribution in [3.8, 4) is 0 Å². The van der Waals surface area contributed by atoms with E-state index in [4.69, 9.17) is 9.47 Å². The number of pyridine rings is 1. The lowest BCUT2D eigenvalue weighted by Gasteiger charge is -2.38. The quantitative estimate of drug-likeness (QED) is 0.845. The van der Waals surface area contributed by atoms with Gasteiger partial charge in [0.05, 0.1) is 30.6 Å². The summed E-state index contributed by atoms with van der Waals surface area (Å²) >= 11 is 0. The molecule has 26 heavy (non-hydrogen) atoms. The molecule has 6 nitrogen and oxygen atoms in total. The van der Waals surface area contributed by atoms with E-state index in [1.54, 1.807) is 6.20 Å². The van der Waals surface area contributed by atoms with Crippen LogP contribution in [0.1, 0.15) is 35.4 Å². The Balaban J connectivity index is 1.29. The van der Waals surface area contributed by atoms with Crippen molar-refractivity contribution in [3.63, 3.8) is 0 Å². The molecule has 6 heteroatoms. The van der Waals surface area contributed by atoms with E-state index < -0.39 is 0 Å². The molecule has 2 aromatic rings. The number of likely N-dealkylation sites (tertiary alicyclic amines) is 1. The van der Waals surface area contributed by atoms with Crippen LogP contribution in [0.4, 0.5) is 0 Å². The first kappa shape index (κ1) is 17.2. The van der Waals surface area contributed by atoms with Crippen molar-refractivity contribution in [1.29, 1.82) is 0 Å². The Kier molecular flexibility index (Phi) is 4.78. The van der Waals surface area contributed by atoms with Crippen LogP contribution in [0.25, 0.3) is 0 Å². The monoisotopic (exact) mass is 355 g/mol. The van der Waals surface area contributed by atoms with Crippen LogP contribution in [0.5, 0.6) is 0 Å². The zero-order valence-electron chi connectivity index (χ0n) is 15.1. The highest BCUT2D eigenvalue weighted by atomic mass is 16.6. The van der Waals surface area contributed by atoms with E-state index in [1.165, 1.54) is 0 Å². The molecule has 0 aliphatic carbocycles. The normalized spacial score (nSPS) is 22.0. The zero-order chi connectivity index (χ0) is 18.0. The maximum absolute atomic E-state index is 12.6. The molecule has 2 aliphatic rings. The second kappa shape index (κ2) is 7.21. The maximum atomic E-state index is 12.6. The highest BCUT2D eigenvalue weighted by Gasteiger charge is 2.44. The SMILES string of the molecule is Cn1cccc1C(=O)N1CCC2(CC1)C[C@H](OCc1ccccn1)CO2. The van der Waals surface area contributed by atoms with Gasteiger partial charge in [0.2, 0.25) is 0 Å². The Labute approximate surface area is 153 Å². The van der Waals surface area contributed by atoms with Crippen LogP contribution in [0.2, 0.25) is 0 Å². The molecule has 0 unspecified atom stereocenters. The van der Waals surface area contributed by atoms with Gasteiger partial charge in [-0.15, -0.1) is 0 Å². The van der Waals surface area contributed by atoms with Crippen LogP contribution in [0, 0.1) is 0 Å². The lowest BCUT2D eigenvalue weighted by molar-refractivity contribution is -0.0414. The number of hydrogen-bond acceptors (Lipinski definition) is 4. The molecule has 4 rings (SSSR count). The lowest BCUT2D eigenvalue weighted by Crippen LogP contribution is -2.47. The minimum Gasteiger partial charge on any atom is -0.372 e. The van der Waals surface area contributed by atoms with Crippen LogP contribution >= 0.6 is 0 Å². The molecule has 0 bridgehead atoms. The summed E-state index contributed by atoms with van der Waals surface area (Å²) < 4.78 is 14.0. The third-order valence-corrected chi connectivity index (χ3v) is 5.49. The first-order chi connectivity index (χ1) is 12.7. The third-order valence-electron chi connectivity index (χ3n) is 5.49. The second-order valence-corrected chi connectivity index (χ2v) is 7.25. The molecule has 1 spiro atoms. The molecular weight excluding hydrogens is 330 g/mol. The fraction of sp³-hybridized carbons (Fsp3) is 0.500. The Morgan fingerprint density at radius 2 is 2.15 bits per heavy atom. The summed E-state index contributed by atoms with van der Waals surface area (Å²) in [5, 5.41) is 0. The van der Waals surface area contributed by atoms with Gasteiger partial charge in [-0.25, -0.2) is 0 Å². The summed E-state index contributed by atoms with van der Waals surface area (Å²) in [6.45, 7) is 2.61. The molecule has 2 saturated heterocycles. The highest BCUT2D eigenvalue weighted by Crippen LogP contribution is 2.37. The summed E-state index contributed by atoms with van der Waals surface area (Å²) in [5.74, 6) is 0.105. The Morgan fingerprint density at radius 3 is 2.85 bits per heavy atom. The predicted molar refractivity (Wildman–Crippen MR) is 96.7 cm³/mol. The average Bonchev–Trinajstić information content (AvgIpc) is 3.27. The van der Waals surface area contributed by atoms with Crippen molar-refractivity contribution in [1.82, 2.24) is 14.5 Å². The maximum Gasteiger partial charge on any atom is 0.270 e. The van der Waals surface area contributed by atoms with Crippen molar-refractivity contribution in [2.75, 3.05) is 19.7 Å². The second-order valence-electron chi connectivity index (χ2n) is 7.25. The van der Waals surface area contributed by atoms with Crippen molar-refractivity contribution in [3.05, 3.63) is 54.1 Å². The van der Waals surface area contributed by atoms with Gasteiger partial charge in [-0.05, 0) is 37.1 Å². The van der Waals surface area contributed by atoms with Crippen LogP contribution in [0.15, 0.2) is 42.7 Å². The van der Waals surface area contributed by atoms with E-state index >= 15 is 0 Å². The molecule has 0 saturated carbocycles. The topological polar surface area (TPSA) is 56.6 Å². The van der Waals surface area contributed by atoms with E-state index in [0.717, 1.165) is 43.7 Å². The van der Waals surface area contributed by atoms with Gasteiger partial charge in [-0.3, -0.25) is 9.78 Å². The zero-order valence-corrected chi connectivity index (χ0v) is 15.1. The summed E-state index contributed by atoms with van der Waals surface area (Å²) in [6.07, 6.45) is 6.42. The minimum atomic E-state index is -0.139. The van der Waals surface area contributed by atoms with Crippen molar-refractivity contribution in [2.45, 2.75) is 37.6 Å². The van der Waals surface area contributed by atoms with E-state index in [1.807, 2.05) is 53.0 Å². The fourth-order valence-corrected chi connectivity index (χ4v) is 3.91. The molecule has 2 aromatic heterocycles. The number of carbonyl (C=O) groups excluding carboxylic acids is 1. The van der Waals surface area contributed by atoms with Gasteiger partial charge >= 0.3 is 0 Å². The molecule has 1 atom stereocenters. The van der Waals surface area contributed by atoms with Gasteiger partial charge in [-0.1, -0.05) is 6.07 Å². The summed E-state index contributed by atoms with van der Waals surface area (Å²) in [4.78, 5) is 18.9. The fourth-order valence-electron chi connectivity index (χ4n) is 3.91. The van der Waals surface area contributed by atoms with Gasteiger partial charge in [0.15, 0.2) is 0 Å². The van der Waals surface area contributed by atoms with Gasteiger partial charge in [0.25, 0.3) is 5.91 Å². The number of nitrogens with zero attached hydrogens (tertiary/aromatic N) is 3. The van der Waals surface area contributed by atoms with Crippen LogP contribution in [0.3, 0.4) is 0 Å². The first-order valence-electron chi connectivity index (χ1n) is 9.21. The van der Waals surface area contributed by atoms with E-state index in [9.17, 15) is 4.79 Å². The Hall–Kier alpha value is -2.18. The third kappa shape index (κ3) is 3.52. The average molecular weight is 355 g/mol. The molecule has 1 amide bonds. The number of aryl methyl sites for hydroxylation is 1. The number of rotatable bonds is 4. The summed E-state index contributed by atoms with van der Waals surface area (Å²) in [5.41, 5.74) is 1.54. The number of ether oxygens (including phenoxy) is 2. The van der Waals surface area contributed by atoms with Gasteiger partial charge in [0, 0.05) is 39.0 Å². The number of piperidine rings is 1. The summed E-state index contributed by atoms with van der Waals surface area (Å²) in [7, 11) is 1.91. The predicted octanol–water partition coefficient (Wildman–Crippen LogP) is 2.40. The molecule has 2 aliphatic heterocycles. The number of amides is 1. The van der Waals surface area contributed by atoms with E-state index in [2.05, 4.69) is 4.98 Å². The van der Waals surface area contributed by atoms with Gasteiger partial charge in [-0.2, -0.15) is 0 Å². The number of hydrogen-bond donors (Lipinski definition) is 0. The van der Waals surface area contributed by atoms with Crippen LogP contribution in [-0.2, 0) is 23.1 Å². The molecule has 0 radical (unpaired) electrons. The highest BCUT2D eigenvalue weighted by molar-refractivity contribution is 5.92.